The molecule has 1 atom stereocenters. The molecule has 0 saturated carbocycles. The molecule has 0 aliphatic carbocycles. The standard InChI is InChI=1S/C33H36N4O5S/c1-19-20(2)43-32-29(19)30(34-26(16-27(38)40-7)31-36-35-21(3)37(31)32)24-13-11-23(12-14-24)25-10-8-9-22(15-25)17-41-18-28(39)42-33(4,5)6/h8-15,26H,16-18H2,1-7H3/t26-/m0/s1. The highest BCUT2D eigenvalue weighted by molar-refractivity contribution is 7.15. The Bertz CT molecular complexity index is 1700. The quantitative estimate of drug-likeness (QED) is 0.221. The van der Waals surface area contributed by atoms with Gasteiger partial charge in [-0.2, -0.15) is 0 Å². The Balaban J connectivity index is 1.44. The van der Waals surface area contributed by atoms with Crippen LogP contribution >= 0.6 is 11.3 Å². The maximum atomic E-state index is 12.4. The second-order valence-corrected chi connectivity index (χ2v) is 12.7. The van der Waals surface area contributed by atoms with E-state index in [4.69, 9.17) is 19.2 Å². The van der Waals surface area contributed by atoms with Gasteiger partial charge in [-0.25, -0.2) is 4.79 Å². The molecule has 43 heavy (non-hydrogen) atoms. The maximum Gasteiger partial charge on any atom is 0.332 e. The van der Waals surface area contributed by atoms with Crippen LogP contribution in [0.2, 0.25) is 0 Å². The highest BCUT2D eigenvalue weighted by Crippen LogP contribution is 2.39. The Morgan fingerprint density at radius 3 is 2.37 bits per heavy atom. The minimum absolute atomic E-state index is 0.0615. The summed E-state index contributed by atoms with van der Waals surface area (Å²) in [4.78, 5) is 30.7. The fourth-order valence-corrected chi connectivity index (χ4v) is 6.26. The molecule has 9 nitrogen and oxygen atoms in total. The van der Waals surface area contributed by atoms with Crippen LogP contribution in [0.5, 0.6) is 0 Å². The van der Waals surface area contributed by atoms with Crippen LogP contribution in [0.3, 0.4) is 0 Å². The number of fused-ring (bicyclic) bond motifs is 3. The van der Waals surface area contributed by atoms with Gasteiger partial charge in [0.1, 0.15) is 29.1 Å². The van der Waals surface area contributed by atoms with Crippen molar-refractivity contribution in [3.63, 3.8) is 0 Å². The molecule has 1 aliphatic rings. The fourth-order valence-electron chi connectivity index (χ4n) is 5.05. The van der Waals surface area contributed by atoms with Gasteiger partial charge in [0.2, 0.25) is 0 Å². The lowest BCUT2D eigenvalue weighted by atomic mass is 9.96. The third kappa shape index (κ3) is 6.60. The summed E-state index contributed by atoms with van der Waals surface area (Å²) in [5.74, 6) is 0.629. The third-order valence-corrected chi connectivity index (χ3v) is 8.35. The van der Waals surface area contributed by atoms with E-state index in [0.717, 1.165) is 49.9 Å². The van der Waals surface area contributed by atoms with E-state index in [0.29, 0.717) is 12.4 Å². The molecule has 0 unspecified atom stereocenters. The Kier molecular flexibility index (Phi) is 8.62. The number of benzene rings is 2. The third-order valence-electron chi connectivity index (χ3n) is 7.15. The number of aryl methyl sites for hydroxylation is 2. The first-order chi connectivity index (χ1) is 20.4. The Morgan fingerprint density at radius 2 is 1.67 bits per heavy atom. The molecule has 2 aromatic carbocycles. The molecular formula is C33H36N4O5S. The minimum atomic E-state index is -0.544. The van der Waals surface area contributed by atoms with Gasteiger partial charge in [-0.05, 0) is 69.9 Å². The van der Waals surface area contributed by atoms with Crippen molar-refractivity contribution in [2.24, 2.45) is 4.99 Å². The predicted molar refractivity (Wildman–Crippen MR) is 166 cm³/mol. The number of hydrogen-bond donors (Lipinski definition) is 0. The largest absolute Gasteiger partial charge is 0.469 e. The zero-order valence-corrected chi connectivity index (χ0v) is 26.4. The molecule has 0 radical (unpaired) electrons. The summed E-state index contributed by atoms with van der Waals surface area (Å²) in [5.41, 5.74) is 6.38. The fraction of sp³-hybridized carbons (Fsp3) is 0.364. The molecule has 5 rings (SSSR count). The zero-order valence-electron chi connectivity index (χ0n) is 25.6. The molecule has 3 heterocycles. The molecule has 10 heteroatoms. The van der Waals surface area contributed by atoms with Crippen LogP contribution in [0, 0.1) is 20.8 Å². The second kappa shape index (κ2) is 12.2. The number of carbonyl (C=O) groups excluding carboxylic acids is 2. The Morgan fingerprint density at radius 1 is 0.953 bits per heavy atom. The van der Waals surface area contributed by atoms with E-state index in [1.54, 1.807) is 11.3 Å². The lowest BCUT2D eigenvalue weighted by Crippen LogP contribution is -2.26. The van der Waals surface area contributed by atoms with Gasteiger partial charge >= 0.3 is 11.9 Å². The van der Waals surface area contributed by atoms with Gasteiger partial charge in [0.25, 0.3) is 0 Å². The zero-order chi connectivity index (χ0) is 30.9. The first-order valence-corrected chi connectivity index (χ1v) is 14.9. The number of thiophene rings is 1. The highest BCUT2D eigenvalue weighted by Gasteiger charge is 2.32. The van der Waals surface area contributed by atoms with Crippen LogP contribution in [0.1, 0.15) is 72.0 Å². The predicted octanol–water partition coefficient (Wildman–Crippen LogP) is 6.23. The van der Waals surface area contributed by atoms with Crippen molar-refractivity contribution in [2.75, 3.05) is 13.7 Å². The molecule has 0 amide bonds. The van der Waals surface area contributed by atoms with Gasteiger partial charge < -0.3 is 14.2 Å². The Labute approximate surface area is 255 Å². The monoisotopic (exact) mass is 600 g/mol. The molecule has 0 spiro atoms. The average molecular weight is 601 g/mol. The number of hydrogen-bond acceptors (Lipinski definition) is 9. The summed E-state index contributed by atoms with van der Waals surface area (Å²) in [6.45, 7) is 11.8. The van der Waals surface area contributed by atoms with Crippen LogP contribution in [-0.4, -0.2) is 51.7 Å². The van der Waals surface area contributed by atoms with Crippen LogP contribution in [0.25, 0.3) is 16.1 Å². The van der Waals surface area contributed by atoms with Gasteiger partial charge in [0, 0.05) is 16.0 Å². The molecule has 2 aromatic heterocycles. The molecule has 0 N–H and O–H groups in total. The molecule has 0 fully saturated rings. The molecular weight excluding hydrogens is 564 g/mol. The van der Waals surface area contributed by atoms with Crippen molar-refractivity contribution in [1.82, 2.24) is 14.8 Å². The SMILES string of the molecule is COC(=O)C[C@@H]1N=C(c2ccc(-c3cccc(COCC(=O)OC(C)(C)C)c3)cc2)c2c(sc(C)c2C)-n2c(C)nnc21. The number of aliphatic imine (C=N–C) groups is 1. The number of methoxy groups -OCH3 is 1. The van der Waals surface area contributed by atoms with Gasteiger partial charge in [-0.3, -0.25) is 14.4 Å². The molecule has 0 bridgehead atoms. The molecule has 1 aliphatic heterocycles. The van der Waals surface area contributed by atoms with Gasteiger partial charge in [-0.15, -0.1) is 21.5 Å². The van der Waals surface area contributed by atoms with Crippen molar-refractivity contribution in [2.45, 2.75) is 66.2 Å². The van der Waals surface area contributed by atoms with Crippen LogP contribution < -0.4 is 0 Å². The minimum Gasteiger partial charge on any atom is -0.469 e. The number of carbonyl (C=O) groups is 2. The van der Waals surface area contributed by atoms with Crippen LogP contribution in [0.4, 0.5) is 0 Å². The van der Waals surface area contributed by atoms with E-state index in [1.165, 1.54) is 12.0 Å². The van der Waals surface area contributed by atoms with Gasteiger partial charge in [0.15, 0.2) is 5.82 Å². The summed E-state index contributed by atoms with van der Waals surface area (Å²) < 4.78 is 17.9. The van der Waals surface area contributed by atoms with Gasteiger partial charge in [-0.1, -0.05) is 42.5 Å². The van der Waals surface area contributed by atoms with Gasteiger partial charge in [0.05, 0.1) is 25.8 Å². The van der Waals surface area contributed by atoms with Crippen molar-refractivity contribution in [3.8, 4) is 16.1 Å². The van der Waals surface area contributed by atoms with E-state index in [9.17, 15) is 9.59 Å². The van der Waals surface area contributed by atoms with Crippen LogP contribution in [-0.2, 0) is 30.4 Å². The summed E-state index contributed by atoms with van der Waals surface area (Å²) in [7, 11) is 1.38. The Hall–Kier alpha value is -4.15. The number of esters is 2. The summed E-state index contributed by atoms with van der Waals surface area (Å²) in [5, 5.41) is 9.75. The number of aromatic nitrogens is 3. The maximum absolute atomic E-state index is 12.4. The van der Waals surface area contributed by atoms with Crippen molar-refractivity contribution < 1.29 is 23.8 Å². The van der Waals surface area contributed by atoms with E-state index in [1.807, 2.05) is 50.5 Å². The van der Waals surface area contributed by atoms with Crippen LogP contribution in [0.15, 0.2) is 53.5 Å². The summed E-state index contributed by atoms with van der Waals surface area (Å²) >= 11 is 1.67. The van der Waals surface area contributed by atoms with Crippen molar-refractivity contribution >= 4 is 29.0 Å². The molecule has 4 aromatic rings. The second-order valence-electron chi connectivity index (χ2n) is 11.5. The molecule has 224 valence electrons. The van der Waals surface area contributed by atoms with Crippen molar-refractivity contribution in [3.05, 3.63) is 87.3 Å². The first-order valence-electron chi connectivity index (χ1n) is 14.1. The first kappa shape index (κ1) is 30.3. The lowest BCUT2D eigenvalue weighted by molar-refractivity contribution is -0.160. The molecule has 0 saturated heterocycles. The summed E-state index contributed by atoms with van der Waals surface area (Å²) in [6, 6.07) is 15.8. The lowest BCUT2D eigenvalue weighted by Gasteiger charge is -2.19. The van der Waals surface area contributed by atoms with E-state index >= 15 is 0 Å². The normalized spacial score (nSPS) is 14.4. The summed E-state index contributed by atoms with van der Waals surface area (Å²) in [6.07, 6.45) is 0.0615. The number of ether oxygens (including phenoxy) is 3. The van der Waals surface area contributed by atoms with E-state index < -0.39 is 11.6 Å². The number of nitrogens with zero attached hydrogens (tertiary/aromatic N) is 4. The van der Waals surface area contributed by atoms with Crippen molar-refractivity contribution in [1.29, 1.82) is 0 Å². The number of rotatable bonds is 8. The average Bonchev–Trinajstić information content (AvgIpc) is 3.44. The highest BCUT2D eigenvalue weighted by atomic mass is 32.1. The van der Waals surface area contributed by atoms with E-state index in [2.05, 4.69) is 54.4 Å². The van der Waals surface area contributed by atoms with E-state index in [-0.39, 0.29) is 25.0 Å². The smallest absolute Gasteiger partial charge is 0.332 e. The topological polar surface area (TPSA) is 105 Å².